The highest BCUT2D eigenvalue weighted by atomic mass is 16.5. The van der Waals surface area contributed by atoms with Gasteiger partial charge in [-0.3, -0.25) is 9.88 Å². The van der Waals surface area contributed by atoms with Crippen molar-refractivity contribution in [2.75, 3.05) is 40.5 Å². The quantitative estimate of drug-likeness (QED) is 0.743. The van der Waals surface area contributed by atoms with Crippen LogP contribution < -0.4 is 10.5 Å². The highest BCUT2D eigenvalue weighted by Gasteiger charge is 2.13. The van der Waals surface area contributed by atoms with E-state index in [0.29, 0.717) is 13.2 Å². The first-order valence-electron chi connectivity index (χ1n) is 7.04. The molecule has 0 aliphatic rings. The molecular weight excluding hydrogens is 254 g/mol. The molecule has 1 heterocycles. The highest BCUT2D eigenvalue weighted by Crippen LogP contribution is 2.24. The molecule has 0 saturated heterocycles. The number of aromatic nitrogens is 1. The number of hydrogen-bond donors (Lipinski definition) is 1. The third-order valence-corrected chi connectivity index (χ3v) is 3.41. The first kappa shape index (κ1) is 16.9. The number of methoxy groups -OCH3 is 2. The van der Waals surface area contributed by atoms with Crippen LogP contribution in [0.4, 0.5) is 0 Å². The molecule has 0 saturated carbocycles. The van der Waals surface area contributed by atoms with Crippen LogP contribution in [0.1, 0.15) is 23.2 Å². The fourth-order valence-electron chi connectivity index (χ4n) is 2.25. The minimum Gasteiger partial charge on any atom is -0.496 e. The number of pyridine rings is 1. The van der Waals surface area contributed by atoms with Gasteiger partial charge in [0.2, 0.25) is 0 Å². The maximum absolute atomic E-state index is 5.60. The zero-order valence-electron chi connectivity index (χ0n) is 13.1. The van der Waals surface area contributed by atoms with Gasteiger partial charge >= 0.3 is 0 Å². The predicted molar refractivity (Wildman–Crippen MR) is 81.1 cm³/mol. The van der Waals surface area contributed by atoms with Crippen molar-refractivity contribution in [3.05, 3.63) is 23.0 Å². The van der Waals surface area contributed by atoms with Crippen molar-refractivity contribution < 1.29 is 9.47 Å². The van der Waals surface area contributed by atoms with Crippen molar-refractivity contribution in [1.82, 2.24) is 9.88 Å². The van der Waals surface area contributed by atoms with Gasteiger partial charge in [-0.05, 0) is 33.4 Å². The number of hydrogen-bond acceptors (Lipinski definition) is 5. The van der Waals surface area contributed by atoms with E-state index in [4.69, 9.17) is 15.2 Å². The molecule has 0 fully saturated rings. The fraction of sp³-hybridized carbons (Fsp3) is 0.667. The van der Waals surface area contributed by atoms with Gasteiger partial charge in [-0.1, -0.05) is 0 Å². The largest absolute Gasteiger partial charge is 0.496 e. The first-order chi connectivity index (χ1) is 9.63. The lowest BCUT2D eigenvalue weighted by atomic mass is 10.1. The van der Waals surface area contributed by atoms with E-state index >= 15 is 0 Å². The van der Waals surface area contributed by atoms with E-state index in [9.17, 15) is 0 Å². The summed E-state index contributed by atoms with van der Waals surface area (Å²) in [4.78, 5) is 6.87. The van der Waals surface area contributed by atoms with Gasteiger partial charge < -0.3 is 15.2 Å². The summed E-state index contributed by atoms with van der Waals surface area (Å²) in [5.74, 6) is 0.931. The lowest BCUT2D eigenvalue weighted by molar-refractivity contribution is 0.142. The van der Waals surface area contributed by atoms with E-state index in [-0.39, 0.29) is 0 Å². The minimum absolute atomic E-state index is 0.701. The van der Waals surface area contributed by atoms with Crippen LogP contribution in [0, 0.1) is 13.8 Å². The summed E-state index contributed by atoms with van der Waals surface area (Å²) in [6.45, 7) is 8.13. The molecule has 0 amide bonds. The van der Waals surface area contributed by atoms with Crippen molar-refractivity contribution in [2.24, 2.45) is 5.73 Å². The Morgan fingerprint density at radius 1 is 1.25 bits per heavy atom. The van der Waals surface area contributed by atoms with E-state index in [2.05, 4.69) is 16.8 Å². The molecule has 0 radical (unpaired) electrons. The number of aryl methyl sites for hydroxylation is 1. The molecule has 5 heteroatoms. The monoisotopic (exact) mass is 281 g/mol. The maximum Gasteiger partial charge on any atom is 0.128 e. The van der Waals surface area contributed by atoms with E-state index in [1.807, 2.05) is 13.1 Å². The SMILES string of the molecule is COCCN(CCCN)Cc1ncc(C)c(OC)c1C. The van der Waals surface area contributed by atoms with Crippen LogP contribution >= 0.6 is 0 Å². The smallest absolute Gasteiger partial charge is 0.128 e. The minimum atomic E-state index is 0.701. The van der Waals surface area contributed by atoms with Gasteiger partial charge in [-0.15, -0.1) is 0 Å². The molecule has 114 valence electrons. The lowest BCUT2D eigenvalue weighted by Crippen LogP contribution is -2.30. The van der Waals surface area contributed by atoms with E-state index < -0.39 is 0 Å². The Morgan fingerprint density at radius 2 is 2.00 bits per heavy atom. The van der Waals surface area contributed by atoms with E-state index in [0.717, 1.165) is 48.6 Å². The molecule has 0 atom stereocenters. The van der Waals surface area contributed by atoms with Crippen LogP contribution in [-0.4, -0.2) is 50.3 Å². The zero-order valence-corrected chi connectivity index (χ0v) is 13.1. The van der Waals surface area contributed by atoms with Gasteiger partial charge in [0.05, 0.1) is 19.4 Å². The standard InChI is InChI=1S/C15H27N3O2/c1-12-10-17-14(13(2)15(12)20-4)11-18(7-5-6-16)8-9-19-3/h10H,5-9,11,16H2,1-4H3. The van der Waals surface area contributed by atoms with Crippen LogP contribution in [0.15, 0.2) is 6.20 Å². The summed E-state index contributed by atoms with van der Waals surface area (Å²) >= 11 is 0. The van der Waals surface area contributed by atoms with Crippen molar-refractivity contribution in [1.29, 1.82) is 0 Å². The Bertz CT molecular complexity index is 402. The summed E-state index contributed by atoms with van der Waals surface area (Å²) in [7, 11) is 3.43. The van der Waals surface area contributed by atoms with Gasteiger partial charge in [0, 0.05) is 37.5 Å². The number of rotatable bonds is 9. The number of ether oxygens (including phenoxy) is 2. The first-order valence-corrected chi connectivity index (χ1v) is 7.04. The summed E-state index contributed by atoms with van der Waals surface area (Å²) in [5.41, 5.74) is 8.84. The molecule has 1 aromatic heterocycles. The second-order valence-electron chi connectivity index (χ2n) is 4.96. The third kappa shape index (κ3) is 4.74. The van der Waals surface area contributed by atoms with Crippen molar-refractivity contribution in [2.45, 2.75) is 26.8 Å². The van der Waals surface area contributed by atoms with Gasteiger partial charge in [0.25, 0.3) is 0 Å². The Balaban J connectivity index is 2.81. The van der Waals surface area contributed by atoms with Crippen LogP contribution in [-0.2, 0) is 11.3 Å². The molecule has 0 aliphatic carbocycles. The molecule has 20 heavy (non-hydrogen) atoms. The van der Waals surface area contributed by atoms with Gasteiger partial charge in [-0.25, -0.2) is 0 Å². The highest BCUT2D eigenvalue weighted by molar-refractivity contribution is 5.40. The van der Waals surface area contributed by atoms with Crippen molar-refractivity contribution in [3.63, 3.8) is 0 Å². The van der Waals surface area contributed by atoms with Crippen LogP contribution in [0.2, 0.25) is 0 Å². The maximum atomic E-state index is 5.60. The molecule has 0 spiro atoms. The molecule has 1 aromatic rings. The average molecular weight is 281 g/mol. The summed E-state index contributed by atoms with van der Waals surface area (Å²) in [6, 6.07) is 0. The molecule has 5 nitrogen and oxygen atoms in total. The summed E-state index contributed by atoms with van der Waals surface area (Å²) < 4.78 is 10.6. The van der Waals surface area contributed by atoms with Gasteiger partial charge in [-0.2, -0.15) is 0 Å². The average Bonchev–Trinajstić information content (AvgIpc) is 2.45. The second-order valence-corrected chi connectivity index (χ2v) is 4.96. The predicted octanol–water partition coefficient (Wildman–Crippen LogP) is 1.50. The van der Waals surface area contributed by atoms with Crippen LogP contribution in [0.3, 0.4) is 0 Å². The van der Waals surface area contributed by atoms with Crippen molar-refractivity contribution >= 4 is 0 Å². The molecule has 2 N–H and O–H groups in total. The topological polar surface area (TPSA) is 60.6 Å². The normalized spacial score (nSPS) is 11.1. The Morgan fingerprint density at radius 3 is 2.60 bits per heavy atom. The van der Waals surface area contributed by atoms with Gasteiger partial charge in [0.1, 0.15) is 5.75 Å². The van der Waals surface area contributed by atoms with E-state index in [1.165, 1.54) is 0 Å². The molecular formula is C15H27N3O2. The number of nitrogens with two attached hydrogens (primary N) is 1. The Hall–Kier alpha value is -1.17. The molecule has 0 bridgehead atoms. The third-order valence-electron chi connectivity index (χ3n) is 3.41. The molecule has 1 rings (SSSR count). The molecule has 0 aliphatic heterocycles. The summed E-state index contributed by atoms with van der Waals surface area (Å²) in [5, 5.41) is 0. The van der Waals surface area contributed by atoms with Gasteiger partial charge in [0.15, 0.2) is 0 Å². The molecule has 0 unspecified atom stereocenters. The second kappa shape index (κ2) is 8.89. The summed E-state index contributed by atoms with van der Waals surface area (Å²) in [6.07, 6.45) is 2.85. The fourth-order valence-corrected chi connectivity index (χ4v) is 2.25. The Labute approximate surface area is 122 Å². The van der Waals surface area contributed by atoms with E-state index in [1.54, 1.807) is 14.2 Å². The molecule has 0 aromatic carbocycles. The Kier molecular flexibility index (Phi) is 7.51. The number of nitrogens with zero attached hydrogens (tertiary/aromatic N) is 2. The lowest BCUT2D eigenvalue weighted by Gasteiger charge is -2.23. The van der Waals surface area contributed by atoms with Crippen LogP contribution in [0.25, 0.3) is 0 Å². The zero-order chi connectivity index (χ0) is 15.0. The van der Waals surface area contributed by atoms with Crippen LogP contribution in [0.5, 0.6) is 5.75 Å². The van der Waals surface area contributed by atoms with Crippen molar-refractivity contribution in [3.8, 4) is 5.75 Å².